The van der Waals surface area contributed by atoms with E-state index in [9.17, 15) is 10.1 Å². The maximum Gasteiger partial charge on any atom is 0.312 e. The van der Waals surface area contributed by atoms with Gasteiger partial charge in [0.25, 0.3) is 0 Å². The summed E-state index contributed by atoms with van der Waals surface area (Å²) in [5.41, 5.74) is -0.112. The van der Waals surface area contributed by atoms with E-state index in [1.54, 1.807) is 0 Å². The van der Waals surface area contributed by atoms with Crippen molar-refractivity contribution in [2.24, 2.45) is 0 Å². The zero-order chi connectivity index (χ0) is 10.0. The molecule has 13 heavy (non-hydrogen) atoms. The van der Waals surface area contributed by atoms with Crippen LogP contribution in [-0.2, 0) is 0 Å². The van der Waals surface area contributed by atoms with Crippen molar-refractivity contribution in [2.75, 3.05) is 7.11 Å². The van der Waals surface area contributed by atoms with E-state index >= 15 is 0 Å². The number of hydrogen-bond acceptors (Lipinski definition) is 3. The van der Waals surface area contributed by atoms with Gasteiger partial charge in [-0.25, -0.2) is 0 Å². The van der Waals surface area contributed by atoms with Crippen LogP contribution in [0.15, 0.2) is 16.6 Å². The first kappa shape index (κ1) is 10.3. The van der Waals surface area contributed by atoms with E-state index in [4.69, 9.17) is 16.3 Å². The van der Waals surface area contributed by atoms with E-state index in [1.807, 2.05) is 0 Å². The van der Waals surface area contributed by atoms with Crippen LogP contribution in [0.1, 0.15) is 0 Å². The Kier molecular flexibility index (Phi) is 3.11. The van der Waals surface area contributed by atoms with Gasteiger partial charge in [0, 0.05) is 16.6 Å². The summed E-state index contributed by atoms with van der Waals surface area (Å²) < 4.78 is 5.27. The minimum atomic E-state index is -0.528. The van der Waals surface area contributed by atoms with Crippen molar-refractivity contribution in [2.45, 2.75) is 0 Å². The highest BCUT2D eigenvalue weighted by molar-refractivity contribution is 9.10. The lowest BCUT2D eigenvalue weighted by Gasteiger charge is -2.02. The summed E-state index contributed by atoms with van der Waals surface area (Å²) in [6.45, 7) is 0. The van der Waals surface area contributed by atoms with E-state index in [1.165, 1.54) is 19.2 Å². The lowest BCUT2D eigenvalue weighted by Crippen LogP contribution is -1.93. The molecule has 6 heteroatoms. The Bertz CT molecular complexity index is 356. The number of benzene rings is 1. The lowest BCUT2D eigenvalue weighted by atomic mass is 10.3. The number of rotatable bonds is 2. The minimum absolute atomic E-state index is 0.112. The van der Waals surface area contributed by atoms with Gasteiger partial charge in [0.05, 0.1) is 17.1 Å². The number of nitro groups is 1. The molecule has 0 N–H and O–H groups in total. The SMILES string of the molecule is COc1cc(Cl)c(Br)cc1[N+](=O)[O-]. The van der Waals surface area contributed by atoms with Gasteiger partial charge in [-0.1, -0.05) is 11.6 Å². The van der Waals surface area contributed by atoms with Crippen molar-refractivity contribution in [3.05, 3.63) is 31.7 Å². The maximum absolute atomic E-state index is 10.5. The van der Waals surface area contributed by atoms with Crippen molar-refractivity contribution >= 4 is 33.2 Å². The molecule has 0 saturated carbocycles. The summed E-state index contributed by atoms with van der Waals surface area (Å²) in [5, 5.41) is 10.9. The van der Waals surface area contributed by atoms with Crippen LogP contribution in [-0.4, -0.2) is 12.0 Å². The van der Waals surface area contributed by atoms with Gasteiger partial charge >= 0.3 is 5.69 Å². The summed E-state index contributed by atoms with van der Waals surface area (Å²) in [4.78, 5) is 9.98. The largest absolute Gasteiger partial charge is 0.490 e. The van der Waals surface area contributed by atoms with E-state index < -0.39 is 4.92 Å². The minimum Gasteiger partial charge on any atom is -0.490 e. The third-order valence-corrected chi connectivity index (χ3v) is 2.62. The Morgan fingerprint density at radius 2 is 2.23 bits per heavy atom. The fourth-order valence-corrected chi connectivity index (χ4v) is 1.31. The van der Waals surface area contributed by atoms with Gasteiger partial charge in [-0.2, -0.15) is 0 Å². The number of hydrogen-bond donors (Lipinski definition) is 0. The summed E-state index contributed by atoms with van der Waals surface area (Å²) in [7, 11) is 1.35. The van der Waals surface area contributed by atoms with Crippen LogP contribution in [0.5, 0.6) is 5.75 Å². The van der Waals surface area contributed by atoms with Crippen LogP contribution in [0.4, 0.5) is 5.69 Å². The summed E-state index contributed by atoms with van der Waals surface area (Å²) in [6, 6.07) is 2.70. The number of nitrogens with zero attached hydrogens (tertiary/aromatic N) is 1. The highest BCUT2D eigenvalue weighted by Crippen LogP contribution is 2.35. The fraction of sp³-hybridized carbons (Fsp3) is 0.143. The van der Waals surface area contributed by atoms with E-state index in [-0.39, 0.29) is 11.4 Å². The zero-order valence-corrected chi connectivity index (χ0v) is 8.92. The first-order valence-electron chi connectivity index (χ1n) is 3.23. The predicted octanol–water partition coefficient (Wildman–Crippen LogP) is 3.02. The summed E-state index contributed by atoms with van der Waals surface area (Å²) in [6.07, 6.45) is 0. The predicted molar refractivity (Wildman–Crippen MR) is 52.4 cm³/mol. The molecule has 4 nitrogen and oxygen atoms in total. The molecule has 0 aliphatic rings. The molecule has 70 valence electrons. The molecule has 1 aromatic carbocycles. The highest BCUT2D eigenvalue weighted by Gasteiger charge is 2.16. The van der Waals surface area contributed by atoms with E-state index in [0.29, 0.717) is 9.50 Å². The van der Waals surface area contributed by atoms with Crippen molar-refractivity contribution in [3.63, 3.8) is 0 Å². The molecule has 0 atom stereocenters. The van der Waals surface area contributed by atoms with Crippen LogP contribution in [0, 0.1) is 10.1 Å². The van der Waals surface area contributed by atoms with Gasteiger partial charge in [0.2, 0.25) is 0 Å². The Morgan fingerprint density at radius 1 is 1.62 bits per heavy atom. The second-order valence-corrected chi connectivity index (χ2v) is 3.46. The molecule has 1 rings (SSSR count). The van der Waals surface area contributed by atoms with Gasteiger partial charge < -0.3 is 4.74 Å². The molecule has 0 amide bonds. The Morgan fingerprint density at radius 3 is 2.69 bits per heavy atom. The number of halogens is 2. The molecule has 0 radical (unpaired) electrons. The number of ether oxygens (including phenoxy) is 1. The Hall–Kier alpha value is -0.810. The van der Waals surface area contributed by atoms with Crippen LogP contribution >= 0.6 is 27.5 Å². The molecule has 0 saturated heterocycles. The standard InChI is InChI=1S/C7H5BrClNO3/c1-13-7-3-5(9)4(8)2-6(7)10(11)12/h2-3H,1H3. The molecular formula is C7H5BrClNO3. The molecule has 0 unspecified atom stereocenters. The monoisotopic (exact) mass is 265 g/mol. The molecule has 0 spiro atoms. The quantitative estimate of drug-likeness (QED) is 0.611. The van der Waals surface area contributed by atoms with Gasteiger partial charge in [-0.3, -0.25) is 10.1 Å². The first-order valence-corrected chi connectivity index (χ1v) is 4.40. The Balaban J connectivity index is 3.33. The fourth-order valence-electron chi connectivity index (χ4n) is 0.824. The van der Waals surface area contributed by atoms with E-state index in [2.05, 4.69) is 15.9 Å². The summed E-state index contributed by atoms with van der Waals surface area (Å²) >= 11 is 8.81. The van der Waals surface area contributed by atoms with Gasteiger partial charge in [0.1, 0.15) is 0 Å². The smallest absolute Gasteiger partial charge is 0.312 e. The van der Waals surface area contributed by atoms with Crippen molar-refractivity contribution in [1.29, 1.82) is 0 Å². The molecule has 0 aromatic heterocycles. The third kappa shape index (κ3) is 2.10. The highest BCUT2D eigenvalue weighted by atomic mass is 79.9. The number of nitro benzene ring substituents is 1. The molecule has 0 aliphatic heterocycles. The average Bonchev–Trinajstić information content (AvgIpc) is 2.08. The van der Waals surface area contributed by atoms with Crippen LogP contribution in [0.25, 0.3) is 0 Å². The van der Waals surface area contributed by atoms with Crippen LogP contribution < -0.4 is 4.74 Å². The second kappa shape index (κ2) is 3.93. The molecule has 1 aromatic rings. The van der Waals surface area contributed by atoms with Crippen LogP contribution in [0.3, 0.4) is 0 Å². The third-order valence-electron chi connectivity index (χ3n) is 1.42. The second-order valence-electron chi connectivity index (χ2n) is 2.20. The molecule has 0 fully saturated rings. The van der Waals surface area contributed by atoms with Crippen molar-refractivity contribution in [3.8, 4) is 5.75 Å². The topological polar surface area (TPSA) is 52.4 Å². The molecular weight excluding hydrogens is 261 g/mol. The molecule has 0 bridgehead atoms. The molecule has 0 aliphatic carbocycles. The summed E-state index contributed by atoms with van der Waals surface area (Å²) in [5.74, 6) is 0.151. The average molecular weight is 266 g/mol. The van der Waals surface area contributed by atoms with Crippen LogP contribution in [0.2, 0.25) is 5.02 Å². The van der Waals surface area contributed by atoms with Gasteiger partial charge in [-0.05, 0) is 15.9 Å². The lowest BCUT2D eigenvalue weighted by molar-refractivity contribution is -0.385. The zero-order valence-electron chi connectivity index (χ0n) is 6.58. The van der Waals surface area contributed by atoms with Crippen molar-refractivity contribution in [1.82, 2.24) is 0 Å². The van der Waals surface area contributed by atoms with Gasteiger partial charge in [0.15, 0.2) is 5.75 Å². The van der Waals surface area contributed by atoms with Crippen molar-refractivity contribution < 1.29 is 9.66 Å². The molecule has 0 heterocycles. The Labute approximate surface area is 87.7 Å². The van der Waals surface area contributed by atoms with Gasteiger partial charge in [-0.15, -0.1) is 0 Å². The number of methoxy groups -OCH3 is 1. The normalized spacial score (nSPS) is 9.77. The maximum atomic E-state index is 10.5. The first-order chi connectivity index (χ1) is 6.06. The van der Waals surface area contributed by atoms with E-state index in [0.717, 1.165) is 0 Å².